The van der Waals surface area contributed by atoms with Crippen LogP contribution in [0, 0.1) is 5.92 Å². The topological polar surface area (TPSA) is 29.3 Å². The molecule has 0 fully saturated rings. The standard InChI is InChI=1S/C17H28N2S/c1-5-16(6-2)19(11-13(3)4)12-14-8-7-9-15(10-14)17(18)20/h7-10,13,16H,5-6,11-12H2,1-4H3,(H2,18,20). The summed E-state index contributed by atoms with van der Waals surface area (Å²) in [6, 6.07) is 8.96. The Morgan fingerprint density at radius 2 is 1.90 bits per heavy atom. The van der Waals surface area contributed by atoms with Gasteiger partial charge in [-0.05, 0) is 30.4 Å². The van der Waals surface area contributed by atoms with Gasteiger partial charge in [0, 0.05) is 24.7 Å². The molecular weight excluding hydrogens is 264 g/mol. The molecule has 0 heterocycles. The lowest BCUT2D eigenvalue weighted by molar-refractivity contribution is 0.157. The van der Waals surface area contributed by atoms with Crippen molar-refractivity contribution in [1.29, 1.82) is 0 Å². The molecule has 0 amide bonds. The van der Waals surface area contributed by atoms with Gasteiger partial charge in [-0.3, -0.25) is 4.90 Å². The fourth-order valence-corrected chi connectivity index (χ4v) is 2.80. The Morgan fingerprint density at radius 3 is 2.40 bits per heavy atom. The van der Waals surface area contributed by atoms with E-state index in [0.29, 0.717) is 16.9 Å². The fraction of sp³-hybridized carbons (Fsp3) is 0.588. The number of nitrogens with zero attached hydrogens (tertiary/aromatic N) is 1. The second-order valence-corrected chi connectivity index (χ2v) is 6.30. The van der Waals surface area contributed by atoms with Crippen LogP contribution in [0.25, 0.3) is 0 Å². The molecule has 0 saturated carbocycles. The average Bonchev–Trinajstić information content (AvgIpc) is 2.39. The lowest BCUT2D eigenvalue weighted by Crippen LogP contribution is -2.36. The predicted octanol–water partition coefficient (Wildman–Crippen LogP) is 3.97. The minimum Gasteiger partial charge on any atom is -0.389 e. The highest BCUT2D eigenvalue weighted by atomic mass is 32.1. The van der Waals surface area contributed by atoms with Gasteiger partial charge in [-0.15, -0.1) is 0 Å². The van der Waals surface area contributed by atoms with Crippen molar-refractivity contribution in [3.8, 4) is 0 Å². The highest BCUT2D eigenvalue weighted by molar-refractivity contribution is 7.80. The number of hydrogen-bond acceptors (Lipinski definition) is 2. The monoisotopic (exact) mass is 292 g/mol. The summed E-state index contributed by atoms with van der Waals surface area (Å²) in [4.78, 5) is 3.06. The Bertz CT molecular complexity index is 425. The molecule has 1 rings (SSSR count). The van der Waals surface area contributed by atoms with E-state index in [2.05, 4.69) is 44.7 Å². The number of nitrogens with two attached hydrogens (primary N) is 1. The van der Waals surface area contributed by atoms with Crippen LogP contribution in [0.5, 0.6) is 0 Å². The van der Waals surface area contributed by atoms with Gasteiger partial charge in [-0.25, -0.2) is 0 Å². The van der Waals surface area contributed by atoms with Gasteiger partial charge in [-0.2, -0.15) is 0 Å². The van der Waals surface area contributed by atoms with Crippen LogP contribution in [-0.2, 0) is 6.54 Å². The van der Waals surface area contributed by atoms with E-state index in [1.165, 1.54) is 18.4 Å². The van der Waals surface area contributed by atoms with Crippen LogP contribution in [0.15, 0.2) is 24.3 Å². The SMILES string of the molecule is CCC(CC)N(Cc1cccc(C(N)=S)c1)CC(C)C. The van der Waals surface area contributed by atoms with E-state index in [1.807, 2.05) is 12.1 Å². The van der Waals surface area contributed by atoms with Gasteiger partial charge in [0.1, 0.15) is 4.99 Å². The molecular formula is C17H28N2S. The van der Waals surface area contributed by atoms with E-state index in [0.717, 1.165) is 18.7 Å². The summed E-state index contributed by atoms with van der Waals surface area (Å²) in [5, 5.41) is 0. The van der Waals surface area contributed by atoms with Gasteiger partial charge in [0.25, 0.3) is 0 Å². The fourth-order valence-electron chi connectivity index (χ4n) is 2.67. The number of thiocarbonyl (C=S) groups is 1. The minimum absolute atomic E-state index is 0.477. The van der Waals surface area contributed by atoms with E-state index >= 15 is 0 Å². The Hall–Kier alpha value is -0.930. The third-order valence-corrected chi connectivity index (χ3v) is 3.89. The Kier molecular flexibility index (Phi) is 7.17. The summed E-state index contributed by atoms with van der Waals surface area (Å²) >= 11 is 5.07. The van der Waals surface area contributed by atoms with Crippen LogP contribution in [0.1, 0.15) is 51.7 Å². The molecule has 1 aromatic carbocycles. The molecule has 2 N–H and O–H groups in total. The van der Waals surface area contributed by atoms with Crippen LogP contribution in [0.2, 0.25) is 0 Å². The van der Waals surface area contributed by atoms with Crippen molar-refractivity contribution < 1.29 is 0 Å². The highest BCUT2D eigenvalue weighted by Crippen LogP contribution is 2.16. The van der Waals surface area contributed by atoms with Crippen molar-refractivity contribution in [2.45, 2.75) is 53.1 Å². The maximum absolute atomic E-state index is 5.72. The zero-order valence-electron chi connectivity index (χ0n) is 13.2. The van der Waals surface area contributed by atoms with Crippen LogP contribution < -0.4 is 5.73 Å². The number of rotatable bonds is 8. The molecule has 0 unspecified atom stereocenters. The van der Waals surface area contributed by atoms with E-state index in [1.54, 1.807) is 0 Å². The van der Waals surface area contributed by atoms with Crippen LogP contribution >= 0.6 is 12.2 Å². The summed E-state index contributed by atoms with van der Waals surface area (Å²) in [6.45, 7) is 11.2. The second kappa shape index (κ2) is 8.38. The molecule has 0 aliphatic heterocycles. The molecule has 0 radical (unpaired) electrons. The lowest BCUT2D eigenvalue weighted by Gasteiger charge is -2.32. The number of hydrogen-bond donors (Lipinski definition) is 1. The molecule has 0 aliphatic rings. The molecule has 112 valence electrons. The van der Waals surface area contributed by atoms with Crippen molar-refractivity contribution in [1.82, 2.24) is 4.90 Å². The van der Waals surface area contributed by atoms with Gasteiger partial charge in [0.05, 0.1) is 0 Å². The van der Waals surface area contributed by atoms with Crippen molar-refractivity contribution >= 4 is 17.2 Å². The molecule has 0 bridgehead atoms. The minimum atomic E-state index is 0.477. The van der Waals surface area contributed by atoms with Gasteiger partial charge in [0.2, 0.25) is 0 Å². The van der Waals surface area contributed by atoms with Crippen molar-refractivity contribution in [3.05, 3.63) is 35.4 Å². The summed E-state index contributed by atoms with van der Waals surface area (Å²) in [6.07, 6.45) is 2.39. The lowest BCUT2D eigenvalue weighted by atomic mass is 10.0. The Labute approximate surface area is 129 Å². The molecule has 0 atom stereocenters. The first kappa shape index (κ1) is 17.1. The van der Waals surface area contributed by atoms with Gasteiger partial charge in [0.15, 0.2) is 0 Å². The van der Waals surface area contributed by atoms with E-state index in [9.17, 15) is 0 Å². The summed E-state index contributed by atoms with van der Waals surface area (Å²) < 4.78 is 0. The second-order valence-electron chi connectivity index (χ2n) is 5.86. The van der Waals surface area contributed by atoms with Gasteiger partial charge >= 0.3 is 0 Å². The van der Waals surface area contributed by atoms with Crippen molar-refractivity contribution in [2.24, 2.45) is 11.7 Å². The quantitative estimate of drug-likeness (QED) is 0.735. The first-order valence-electron chi connectivity index (χ1n) is 7.60. The molecule has 2 nitrogen and oxygen atoms in total. The van der Waals surface area contributed by atoms with E-state index in [4.69, 9.17) is 18.0 Å². The zero-order valence-corrected chi connectivity index (χ0v) is 14.0. The van der Waals surface area contributed by atoms with E-state index in [-0.39, 0.29) is 0 Å². The Morgan fingerprint density at radius 1 is 1.25 bits per heavy atom. The summed E-state index contributed by atoms with van der Waals surface area (Å²) in [5.41, 5.74) is 7.98. The first-order valence-corrected chi connectivity index (χ1v) is 8.01. The van der Waals surface area contributed by atoms with E-state index < -0.39 is 0 Å². The summed E-state index contributed by atoms with van der Waals surface area (Å²) in [5.74, 6) is 0.675. The molecule has 3 heteroatoms. The largest absolute Gasteiger partial charge is 0.389 e. The normalized spacial score (nSPS) is 11.6. The molecule has 0 aliphatic carbocycles. The average molecular weight is 292 g/mol. The molecule has 0 aromatic heterocycles. The third-order valence-electron chi connectivity index (χ3n) is 3.66. The molecule has 20 heavy (non-hydrogen) atoms. The smallest absolute Gasteiger partial charge is 0.103 e. The predicted molar refractivity (Wildman–Crippen MR) is 91.9 cm³/mol. The molecule has 1 aromatic rings. The first-order chi connectivity index (χ1) is 9.47. The highest BCUT2D eigenvalue weighted by Gasteiger charge is 2.16. The number of benzene rings is 1. The maximum Gasteiger partial charge on any atom is 0.103 e. The van der Waals surface area contributed by atoms with Crippen molar-refractivity contribution in [3.63, 3.8) is 0 Å². The Balaban J connectivity index is 2.88. The van der Waals surface area contributed by atoms with Crippen LogP contribution in [0.3, 0.4) is 0 Å². The van der Waals surface area contributed by atoms with Gasteiger partial charge < -0.3 is 5.73 Å². The van der Waals surface area contributed by atoms with Gasteiger partial charge in [-0.1, -0.05) is 58.1 Å². The molecule has 0 saturated heterocycles. The van der Waals surface area contributed by atoms with Crippen LogP contribution in [-0.4, -0.2) is 22.5 Å². The van der Waals surface area contributed by atoms with Crippen LogP contribution in [0.4, 0.5) is 0 Å². The maximum atomic E-state index is 5.72. The van der Waals surface area contributed by atoms with Crippen molar-refractivity contribution in [2.75, 3.05) is 6.54 Å². The molecule has 0 spiro atoms. The third kappa shape index (κ3) is 5.22. The summed E-state index contributed by atoms with van der Waals surface area (Å²) in [7, 11) is 0. The zero-order chi connectivity index (χ0) is 15.1.